The number of non-ortho nitro benzene ring substituents is 1. The van der Waals surface area contributed by atoms with Crippen LogP contribution < -0.4 is 15.6 Å². The second kappa shape index (κ2) is 10.2. The molecule has 13 heteroatoms. The summed E-state index contributed by atoms with van der Waals surface area (Å²) in [5, 5.41) is 28.1. The number of phenolic OH excluding ortho intramolecular Hbond substituents is 1. The Balaban J connectivity index is 1.60. The molecule has 0 unspecified atom stereocenters. The fourth-order valence-electron chi connectivity index (χ4n) is 2.99. The molecule has 4 rings (SSSR count). The summed E-state index contributed by atoms with van der Waals surface area (Å²) in [5.74, 6) is 0.825. The summed E-state index contributed by atoms with van der Waals surface area (Å²) in [5.41, 5.74) is 3.64. The topological polar surface area (TPSA) is 151 Å². The van der Waals surface area contributed by atoms with Crippen LogP contribution in [0.15, 0.2) is 52.0 Å². The number of aromatic hydroxyl groups is 1. The zero-order valence-electron chi connectivity index (χ0n) is 17.2. The lowest BCUT2D eigenvalue weighted by molar-refractivity contribution is -0.384. The SMILES string of the molecule is O=[N+]([O-])c1cccc(Nc2nc(N/N=C/c3cc(Br)ccc3O)nc(N3CCOCC3)n2)c1. The molecule has 3 aromatic rings. The Morgan fingerprint density at radius 3 is 2.73 bits per heavy atom. The van der Waals surface area contributed by atoms with Crippen LogP contribution in [0.2, 0.25) is 0 Å². The second-order valence-corrected chi connectivity index (χ2v) is 7.80. The van der Waals surface area contributed by atoms with E-state index in [1.165, 1.54) is 18.3 Å². The highest BCUT2D eigenvalue weighted by atomic mass is 79.9. The maximum absolute atomic E-state index is 11.1. The first-order valence-corrected chi connectivity index (χ1v) is 10.6. The molecule has 0 spiro atoms. The van der Waals surface area contributed by atoms with Crippen LogP contribution in [0.25, 0.3) is 0 Å². The third-order valence-electron chi connectivity index (χ3n) is 4.59. The van der Waals surface area contributed by atoms with Crippen molar-refractivity contribution >= 4 is 51.4 Å². The number of ether oxygens (including phenoxy) is 1. The predicted molar refractivity (Wildman–Crippen MR) is 126 cm³/mol. The number of nitrogens with one attached hydrogen (secondary N) is 2. The lowest BCUT2D eigenvalue weighted by Crippen LogP contribution is -2.37. The molecule has 0 aliphatic carbocycles. The number of hydrazone groups is 1. The van der Waals surface area contributed by atoms with Crippen molar-refractivity contribution in [1.82, 2.24) is 15.0 Å². The number of hydrogen-bond acceptors (Lipinski definition) is 11. The van der Waals surface area contributed by atoms with Gasteiger partial charge in [0.05, 0.1) is 24.4 Å². The number of nitro benzene ring substituents is 1. The number of nitro groups is 1. The van der Waals surface area contributed by atoms with Crippen LogP contribution >= 0.6 is 15.9 Å². The predicted octanol–water partition coefficient (Wildman–Crippen LogP) is 3.27. The Labute approximate surface area is 196 Å². The zero-order valence-corrected chi connectivity index (χ0v) is 18.8. The second-order valence-electron chi connectivity index (χ2n) is 6.89. The van der Waals surface area contributed by atoms with Gasteiger partial charge in [-0.1, -0.05) is 22.0 Å². The van der Waals surface area contributed by atoms with Crippen molar-refractivity contribution in [2.45, 2.75) is 0 Å². The first-order chi connectivity index (χ1) is 16.0. The van der Waals surface area contributed by atoms with E-state index in [1.807, 2.05) is 4.90 Å². The molecule has 2 aromatic carbocycles. The molecule has 1 aromatic heterocycles. The van der Waals surface area contributed by atoms with Crippen LogP contribution in [0.1, 0.15) is 5.56 Å². The lowest BCUT2D eigenvalue weighted by atomic mass is 10.2. The molecule has 12 nitrogen and oxygen atoms in total. The molecule has 0 radical (unpaired) electrons. The summed E-state index contributed by atoms with van der Waals surface area (Å²) in [4.78, 5) is 25.7. The van der Waals surface area contributed by atoms with Gasteiger partial charge in [0.1, 0.15) is 5.75 Å². The van der Waals surface area contributed by atoms with Crippen LogP contribution in [-0.4, -0.2) is 57.5 Å². The average Bonchev–Trinajstić information content (AvgIpc) is 2.82. The van der Waals surface area contributed by atoms with Gasteiger partial charge in [-0.05, 0) is 24.3 Å². The molecule has 1 aliphatic heterocycles. The monoisotopic (exact) mass is 514 g/mol. The Morgan fingerprint density at radius 2 is 1.94 bits per heavy atom. The molecule has 33 heavy (non-hydrogen) atoms. The lowest BCUT2D eigenvalue weighted by Gasteiger charge is -2.27. The minimum Gasteiger partial charge on any atom is -0.507 e. The average molecular weight is 515 g/mol. The van der Waals surface area contributed by atoms with E-state index in [0.717, 1.165) is 4.47 Å². The number of anilines is 4. The number of nitrogens with zero attached hydrogens (tertiary/aromatic N) is 6. The Hall–Kier alpha value is -3.84. The van der Waals surface area contributed by atoms with Gasteiger partial charge in [0.25, 0.3) is 5.69 Å². The zero-order chi connectivity index (χ0) is 23.2. The molecule has 0 atom stereocenters. The van der Waals surface area contributed by atoms with Gasteiger partial charge >= 0.3 is 0 Å². The maximum Gasteiger partial charge on any atom is 0.271 e. The van der Waals surface area contributed by atoms with Crippen LogP contribution in [-0.2, 0) is 4.74 Å². The van der Waals surface area contributed by atoms with Crippen molar-refractivity contribution in [3.63, 3.8) is 0 Å². The van der Waals surface area contributed by atoms with Crippen molar-refractivity contribution in [2.75, 3.05) is 41.9 Å². The van der Waals surface area contributed by atoms with E-state index < -0.39 is 4.92 Å². The molecule has 0 bridgehead atoms. The molecule has 1 fully saturated rings. The molecule has 170 valence electrons. The molecule has 1 aliphatic rings. The fourth-order valence-corrected chi connectivity index (χ4v) is 3.37. The van der Waals surface area contributed by atoms with Crippen molar-refractivity contribution in [1.29, 1.82) is 0 Å². The minimum absolute atomic E-state index is 0.0563. The van der Waals surface area contributed by atoms with Gasteiger partial charge in [0.2, 0.25) is 17.8 Å². The Kier molecular flexibility index (Phi) is 6.90. The molecule has 0 saturated carbocycles. The van der Waals surface area contributed by atoms with Gasteiger partial charge < -0.3 is 20.1 Å². The summed E-state index contributed by atoms with van der Waals surface area (Å²) in [7, 11) is 0. The maximum atomic E-state index is 11.1. The highest BCUT2D eigenvalue weighted by molar-refractivity contribution is 9.10. The number of halogens is 1. The summed E-state index contributed by atoms with van der Waals surface area (Å²) in [6.07, 6.45) is 1.44. The fraction of sp³-hybridized carbons (Fsp3) is 0.200. The van der Waals surface area contributed by atoms with Gasteiger partial charge in [0.15, 0.2) is 0 Å². The standard InChI is InChI=1S/C20H19BrN8O4/c21-14-4-5-17(30)13(10-14)12-22-27-19-24-18(23-15-2-1-3-16(11-15)29(31)32)25-20(26-19)28-6-8-33-9-7-28/h1-5,10-12,30H,6-9H2,(H2,23,24,25,26,27)/b22-12+. The first kappa shape index (κ1) is 22.4. The van der Waals surface area contributed by atoms with Gasteiger partial charge in [-0.2, -0.15) is 20.1 Å². The van der Waals surface area contributed by atoms with Crippen molar-refractivity contribution in [2.24, 2.45) is 5.10 Å². The van der Waals surface area contributed by atoms with E-state index in [0.29, 0.717) is 43.5 Å². The van der Waals surface area contributed by atoms with E-state index in [4.69, 9.17) is 4.74 Å². The van der Waals surface area contributed by atoms with Crippen LogP contribution in [0, 0.1) is 10.1 Å². The minimum atomic E-state index is -0.475. The number of aromatic nitrogens is 3. The normalized spacial score (nSPS) is 13.8. The van der Waals surface area contributed by atoms with Crippen LogP contribution in [0.4, 0.5) is 29.2 Å². The Bertz CT molecular complexity index is 1190. The van der Waals surface area contributed by atoms with Crippen molar-refractivity contribution in [3.8, 4) is 5.75 Å². The largest absolute Gasteiger partial charge is 0.507 e. The highest BCUT2D eigenvalue weighted by Crippen LogP contribution is 2.23. The number of phenols is 1. The van der Waals surface area contributed by atoms with Gasteiger partial charge in [0, 0.05) is 40.9 Å². The number of benzene rings is 2. The van der Waals surface area contributed by atoms with E-state index >= 15 is 0 Å². The molecular weight excluding hydrogens is 496 g/mol. The number of morpholine rings is 1. The number of rotatable bonds is 7. The molecular formula is C20H19BrN8O4. The van der Waals surface area contributed by atoms with E-state index in [-0.39, 0.29) is 23.3 Å². The summed E-state index contributed by atoms with van der Waals surface area (Å²) >= 11 is 3.35. The summed E-state index contributed by atoms with van der Waals surface area (Å²) in [6.45, 7) is 2.30. The first-order valence-electron chi connectivity index (χ1n) is 9.86. The smallest absolute Gasteiger partial charge is 0.271 e. The van der Waals surface area contributed by atoms with Crippen LogP contribution in [0.3, 0.4) is 0 Å². The summed E-state index contributed by atoms with van der Waals surface area (Å²) < 4.78 is 6.18. The molecule has 2 heterocycles. The van der Waals surface area contributed by atoms with Crippen molar-refractivity contribution in [3.05, 3.63) is 62.6 Å². The molecule has 3 N–H and O–H groups in total. The summed E-state index contributed by atoms with van der Waals surface area (Å²) in [6, 6.07) is 11.0. The number of hydrogen-bond donors (Lipinski definition) is 3. The molecule has 0 amide bonds. The van der Waals surface area contributed by atoms with Crippen LogP contribution in [0.5, 0.6) is 5.75 Å². The highest BCUT2D eigenvalue weighted by Gasteiger charge is 2.17. The van der Waals surface area contributed by atoms with E-state index in [2.05, 4.69) is 46.7 Å². The quantitative estimate of drug-likeness (QED) is 0.243. The van der Waals surface area contributed by atoms with E-state index in [9.17, 15) is 15.2 Å². The van der Waals surface area contributed by atoms with Crippen molar-refractivity contribution < 1.29 is 14.8 Å². The third kappa shape index (κ3) is 5.90. The van der Waals surface area contributed by atoms with Gasteiger partial charge in [-0.25, -0.2) is 5.43 Å². The van der Waals surface area contributed by atoms with E-state index in [1.54, 1.807) is 30.3 Å². The molecule has 1 saturated heterocycles. The third-order valence-corrected chi connectivity index (χ3v) is 5.08. The van der Waals surface area contributed by atoms with Gasteiger partial charge in [-0.3, -0.25) is 10.1 Å². The van der Waals surface area contributed by atoms with Gasteiger partial charge in [-0.15, -0.1) is 0 Å². The Morgan fingerprint density at radius 1 is 1.15 bits per heavy atom.